The number of benzene rings is 2. The van der Waals surface area contributed by atoms with E-state index in [1.807, 2.05) is 0 Å². The molecule has 1 unspecified atom stereocenters. The molecule has 0 aromatic heterocycles. The summed E-state index contributed by atoms with van der Waals surface area (Å²) in [6, 6.07) is 7.37. The van der Waals surface area contributed by atoms with Gasteiger partial charge in [-0.2, -0.15) is 26.3 Å². The molecule has 2 aromatic carbocycles. The average Bonchev–Trinajstić information content (AvgIpc) is 3.01. The molecule has 1 atom stereocenters. The topological polar surface area (TPSA) is 21.6 Å². The number of oxime groups is 1. The molecule has 0 saturated heterocycles. The number of hydrogen-bond acceptors (Lipinski definition) is 2. The molecule has 1 heterocycles. The fourth-order valence-electron chi connectivity index (χ4n) is 2.65. The fraction of sp³-hybridized carbons (Fsp3) is 0.235. The predicted molar refractivity (Wildman–Crippen MR) is 77.8 cm³/mol. The molecule has 2 aromatic rings. The Kier molecular flexibility index (Phi) is 4.20. The molecule has 0 spiro atoms. The van der Waals surface area contributed by atoms with Crippen LogP contribution in [0.3, 0.4) is 0 Å². The summed E-state index contributed by atoms with van der Waals surface area (Å²) in [5, 5.41) is 3.42. The van der Waals surface area contributed by atoms with Crippen molar-refractivity contribution < 1.29 is 35.6 Å². The smallest absolute Gasteiger partial charge is 0.374 e. The molecular formula is C17H10F7NO. The van der Waals surface area contributed by atoms with Crippen LogP contribution >= 0.6 is 0 Å². The molecule has 0 amide bonds. The maximum atomic E-state index is 13.7. The van der Waals surface area contributed by atoms with Crippen molar-refractivity contribution in [2.24, 2.45) is 5.16 Å². The molecule has 0 N–H and O–H groups in total. The number of alkyl halides is 6. The first-order valence-electron chi connectivity index (χ1n) is 7.28. The van der Waals surface area contributed by atoms with Crippen LogP contribution in [0.4, 0.5) is 30.7 Å². The number of halogens is 7. The highest BCUT2D eigenvalue weighted by molar-refractivity contribution is 6.01. The summed E-state index contributed by atoms with van der Waals surface area (Å²) in [5.41, 5.74) is -4.93. The van der Waals surface area contributed by atoms with E-state index < -0.39 is 41.3 Å². The zero-order valence-corrected chi connectivity index (χ0v) is 12.8. The zero-order valence-electron chi connectivity index (χ0n) is 12.8. The maximum absolute atomic E-state index is 13.7. The monoisotopic (exact) mass is 377 g/mol. The van der Waals surface area contributed by atoms with Gasteiger partial charge in [0, 0.05) is 12.0 Å². The van der Waals surface area contributed by atoms with E-state index in [9.17, 15) is 30.7 Å². The van der Waals surface area contributed by atoms with Gasteiger partial charge in [-0.25, -0.2) is 4.39 Å². The largest absolute Gasteiger partial charge is 0.435 e. The summed E-state index contributed by atoms with van der Waals surface area (Å²) < 4.78 is 92.8. The van der Waals surface area contributed by atoms with Crippen LogP contribution in [0.2, 0.25) is 0 Å². The Bertz CT molecular complexity index is 839. The summed E-state index contributed by atoms with van der Waals surface area (Å²) in [6.45, 7) is 0. The lowest BCUT2D eigenvalue weighted by molar-refractivity contribution is -0.276. The minimum atomic E-state index is -5.03. The number of rotatable bonds is 2. The first-order valence-corrected chi connectivity index (χ1v) is 7.28. The normalized spacial score (nSPS) is 20.7. The van der Waals surface area contributed by atoms with Gasteiger partial charge in [0.2, 0.25) is 0 Å². The highest BCUT2D eigenvalue weighted by atomic mass is 19.4. The Balaban J connectivity index is 2.02. The Morgan fingerprint density at radius 3 is 2.15 bits per heavy atom. The Morgan fingerprint density at radius 1 is 0.923 bits per heavy atom. The third-order valence-electron chi connectivity index (χ3n) is 4.02. The van der Waals surface area contributed by atoms with Crippen LogP contribution in [-0.2, 0) is 16.6 Å². The van der Waals surface area contributed by atoms with Crippen molar-refractivity contribution in [2.75, 3.05) is 0 Å². The van der Waals surface area contributed by atoms with Gasteiger partial charge in [0.1, 0.15) is 5.82 Å². The SMILES string of the molecule is Fc1ccc(C2=NOC(c3cccc(C(F)(F)F)c3)(C(F)(F)F)C2)cc1. The van der Waals surface area contributed by atoms with Crippen LogP contribution in [0.1, 0.15) is 23.1 Å². The molecule has 2 nitrogen and oxygen atoms in total. The van der Waals surface area contributed by atoms with Crippen LogP contribution < -0.4 is 0 Å². The summed E-state index contributed by atoms with van der Waals surface area (Å²) in [6.07, 6.45) is -10.7. The van der Waals surface area contributed by atoms with Crippen LogP contribution in [-0.4, -0.2) is 11.9 Å². The predicted octanol–water partition coefficient (Wildman–Crippen LogP) is 5.43. The molecule has 0 bridgehead atoms. The second-order valence-electron chi connectivity index (χ2n) is 5.72. The molecule has 9 heteroatoms. The second-order valence-corrected chi connectivity index (χ2v) is 5.72. The standard InChI is InChI=1S/C17H10F7NO/c18-13-6-4-10(5-7-13)14-9-15(26-25-14,17(22,23)24)11-2-1-3-12(8-11)16(19,20)21/h1-8H,9H2. The summed E-state index contributed by atoms with van der Waals surface area (Å²) >= 11 is 0. The first kappa shape index (κ1) is 18.2. The Morgan fingerprint density at radius 2 is 1.58 bits per heavy atom. The van der Waals surface area contributed by atoms with Crippen molar-refractivity contribution in [3.05, 3.63) is 71.0 Å². The Hall–Kier alpha value is -2.58. The van der Waals surface area contributed by atoms with E-state index in [-0.39, 0.29) is 11.3 Å². The minimum Gasteiger partial charge on any atom is -0.374 e. The van der Waals surface area contributed by atoms with Crippen LogP contribution in [0.15, 0.2) is 53.7 Å². The summed E-state index contributed by atoms with van der Waals surface area (Å²) in [7, 11) is 0. The molecule has 1 aliphatic heterocycles. The van der Waals surface area contributed by atoms with Gasteiger partial charge >= 0.3 is 12.4 Å². The van der Waals surface area contributed by atoms with Crippen molar-refractivity contribution in [1.29, 1.82) is 0 Å². The van der Waals surface area contributed by atoms with Crippen molar-refractivity contribution in [2.45, 2.75) is 24.4 Å². The average molecular weight is 377 g/mol. The quantitative estimate of drug-likeness (QED) is 0.640. The highest BCUT2D eigenvalue weighted by Gasteiger charge is 2.62. The summed E-state index contributed by atoms with van der Waals surface area (Å²) in [5.74, 6) is -0.590. The van der Waals surface area contributed by atoms with Gasteiger partial charge in [-0.05, 0) is 29.8 Å². The number of nitrogens with zero attached hydrogens (tertiary/aromatic N) is 1. The molecule has 26 heavy (non-hydrogen) atoms. The van der Waals surface area contributed by atoms with Gasteiger partial charge in [0.25, 0.3) is 5.60 Å². The van der Waals surface area contributed by atoms with Crippen LogP contribution in [0.5, 0.6) is 0 Å². The third kappa shape index (κ3) is 3.13. The van der Waals surface area contributed by atoms with Crippen LogP contribution in [0, 0.1) is 5.82 Å². The lowest BCUT2D eigenvalue weighted by atomic mass is 9.86. The van der Waals surface area contributed by atoms with E-state index in [4.69, 9.17) is 0 Å². The molecule has 1 aliphatic rings. The summed E-state index contributed by atoms with van der Waals surface area (Å²) in [4.78, 5) is 4.66. The van der Waals surface area contributed by atoms with Gasteiger partial charge < -0.3 is 4.84 Å². The first-order chi connectivity index (χ1) is 12.0. The second kappa shape index (κ2) is 6.00. The number of hydrogen-bond donors (Lipinski definition) is 0. The molecule has 0 fully saturated rings. The van der Waals surface area contributed by atoms with Gasteiger partial charge in [-0.15, -0.1) is 0 Å². The van der Waals surface area contributed by atoms with E-state index in [1.165, 1.54) is 12.1 Å². The van der Waals surface area contributed by atoms with E-state index in [0.29, 0.717) is 12.1 Å². The van der Waals surface area contributed by atoms with E-state index in [0.717, 1.165) is 24.3 Å². The highest BCUT2D eigenvalue weighted by Crippen LogP contribution is 2.49. The van der Waals surface area contributed by atoms with Crippen molar-refractivity contribution in [3.63, 3.8) is 0 Å². The lowest BCUT2D eigenvalue weighted by Gasteiger charge is -2.30. The molecule has 138 valence electrons. The van der Waals surface area contributed by atoms with Gasteiger partial charge in [-0.3, -0.25) is 0 Å². The lowest BCUT2D eigenvalue weighted by Crippen LogP contribution is -2.42. The third-order valence-corrected chi connectivity index (χ3v) is 4.02. The van der Waals surface area contributed by atoms with Crippen molar-refractivity contribution in [3.8, 4) is 0 Å². The van der Waals surface area contributed by atoms with Crippen molar-refractivity contribution in [1.82, 2.24) is 0 Å². The fourth-order valence-corrected chi connectivity index (χ4v) is 2.65. The van der Waals surface area contributed by atoms with Gasteiger partial charge in [0.15, 0.2) is 0 Å². The van der Waals surface area contributed by atoms with E-state index in [2.05, 4.69) is 9.99 Å². The molecule has 0 radical (unpaired) electrons. The maximum Gasteiger partial charge on any atom is 0.435 e. The Labute approximate surface area is 142 Å². The zero-order chi connectivity index (χ0) is 19.2. The van der Waals surface area contributed by atoms with Crippen molar-refractivity contribution >= 4 is 5.71 Å². The molecule has 0 aliphatic carbocycles. The van der Waals surface area contributed by atoms with E-state index in [1.54, 1.807) is 0 Å². The van der Waals surface area contributed by atoms with Crippen LogP contribution in [0.25, 0.3) is 0 Å². The molecular weight excluding hydrogens is 367 g/mol. The van der Waals surface area contributed by atoms with Gasteiger partial charge in [-0.1, -0.05) is 29.4 Å². The molecule has 3 rings (SSSR count). The molecule has 0 saturated carbocycles. The minimum absolute atomic E-state index is 0.139. The van der Waals surface area contributed by atoms with Gasteiger partial charge in [0.05, 0.1) is 11.3 Å². The van der Waals surface area contributed by atoms with E-state index >= 15 is 0 Å².